The summed E-state index contributed by atoms with van der Waals surface area (Å²) in [6, 6.07) is 5.86. The average molecular weight is 300 g/mol. The molecule has 0 bridgehead atoms. The zero-order valence-electron chi connectivity index (χ0n) is 12.6. The third kappa shape index (κ3) is 4.71. The highest BCUT2D eigenvalue weighted by Crippen LogP contribution is 2.29. The minimum Gasteiger partial charge on any atom is -0.310 e. The van der Waals surface area contributed by atoms with E-state index in [4.69, 9.17) is 0 Å². The molecule has 1 aliphatic rings. The van der Waals surface area contributed by atoms with Crippen molar-refractivity contribution in [2.24, 2.45) is 5.92 Å². The summed E-state index contributed by atoms with van der Waals surface area (Å²) >= 11 is 0. The molecule has 0 spiro atoms. The van der Waals surface area contributed by atoms with Crippen molar-refractivity contribution in [3.05, 3.63) is 35.4 Å². The number of piperidine rings is 1. The van der Waals surface area contributed by atoms with E-state index in [-0.39, 0.29) is 0 Å². The summed E-state index contributed by atoms with van der Waals surface area (Å²) in [6.45, 7) is 4.79. The van der Waals surface area contributed by atoms with Crippen LogP contribution in [0.5, 0.6) is 0 Å². The van der Waals surface area contributed by atoms with Gasteiger partial charge in [-0.3, -0.25) is 0 Å². The molecule has 1 fully saturated rings. The number of nitrogens with zero attached hydrogens (tertiary/aromatic N) is 1. The molecule has 1 saturated heterocycles. The molecule has 2 nitrogen and oxygen atoms in total. The van der Waals surface area contributed by atoms with Gasteiger partial charge in [-0.1, -0.05) is 18.2 Å². The van der Waals surface area contributed by atoms with E-state index in [0.29, 0.717) is 24.1 Å². The topological polar surface area (TPSA) is 15.3 Å². The van der Waals surface area contributed by atoms with Gasteiger partial charge >= 0.3 is 6.18 Å². The van der Waals surface area contributed by atoms with Gasteiger partial charge in [0, 0.05) is 19.1 Å². The zero-order chi connectivity index (χ0) is 15.5. The van der Waals surface area contributed by atoms with Crippen LogP contribution >= 0.6 is 0 Å². The molecule has 1 aromatic carbocycles. The van der Waals surface area contributed by atoms with Gasteiger partial charge in [0.1, 0.15) is 0 Å². The lowest BCUT2D eigenvalue weighted by atomic mass is 9.92. The third-order valence-corrected chi connectivity index (χ3v) is 4.25. The number of alkyl halides is 3. The first kappa shape index (κ1) is 16.3. The van der Waals surface area contributed by atoms with Crippen molar-refractivity contribution in [3.8, 4) is 0 Å². The fourth-order valence-corrected chi connectivity index (χ4v) is 2.92. The zero-order valence-corrected chi connectivity index (χ0v) is 12.6. The Bertz CT molecular complexity index is 459. The van der Waals surface area contributed by atoms with Gasteiger partial charge < -0.3 is 10.2 Å². The standard InChI is InChI=1S/C16H23F3N2/c1-12(14-6-4-8-21(2)11-14)20-10-13-5-3-7-15(9-13)16(17,18)19/h3,5,7,9,12,14,20H,4,6,8,10-11H2,1-2H3. The van der Waals surface area contributed by atoms with Crippen LogP contribution in [0.4, 0.5) is 13.2 Å². The predicted octanol–water partition coefficient (Wildman–Crippen LogP) is 3.53. The van der Waals surface area contributed by atoms with Gasteiger partial charge in [-0.05, 0) is 50.9 Å². The van der Waals surface area contributed by atoms with Crippen molar-refractivity contribution in [2.45, 2.75) is 38.5 Å². The number of rotatable bonds is 4. The molecule has 0 saturated carbocycles. The average Bonchev–Trinajstić information content (AvgIpc) is 2.44. The second-order valence-corrected chi connectivity index (χ2v) is 6.03. The lowest BCUT2D eigenvalue weighted by Gasteiger charge is -2.34. The number of halogens is 3. The molecule has 1 N–H and O–H groups in total. The highest BCUT2D eigenvalue weighted by atomic mass is 19.4. The van der Waals surface area contributed by atoms with Crippen LogP contribution in [0.1, 0.15) is 30.9 Å². The normalized spacial score (nSPS) is 22.2. The maximum Gasteiger partial charge on any atom is 0.416 e. The lowest BCUT2D eigenvalue weighted by molar-refractivity contribution is -0.137. The highest BCUT2D eigenvalue weighted by Gasteiger charge is 2.30. The Morgan fingerprint density at radius 2 is 2.14 bits per heavy atom. The van der Waals surface area contributed by atoms with Crippen LogP contribution in [0.3, 0.4) is 0 Å². The molecule has 2 unspecified atom stereocenters. The second kappa shape index (κ2) is 6.79. The van der Waals surface area contributed by atoms with Crippen molar-refractivity contribution in [1.82, 2.24) is 10.2 Å². The Morgan fingerprint density at radius 1 is 1.38 bits per heavy atom. The minimum atomic E-state index is -4.27. The molecule has 5 heteroatoms. The summed E-state index contributed by atoms with van der Waals surface area (Å²) in [5, 5.41) is 3.37. The van der Waals surface area contributed by atoms with E-state index in [1.54, 1.807) is 6.07 Å². The summed E-state index contributed by atoms with van der Waals surface area (Å²) < 4.78 is 38.0. The highest BCUT2D eigenvalue weighted by molar-refractivity contribution is 5.25. The quantitative estimate of drug-likeness (QED) is 0.915. The molecule has 0 radical (unpaired) electrons. The van der Waals surface area contributed by atoms with Crippen LogP contribution in [0, 0.1) is 5.92 Å². The fourth-order valence-electron chi connectivity index (χ4n) is 2.92. The molecular formula is C16H23F3N2. The Labute approximate surface area is 124 Å². The first-order chi connectivity index (χ1) is 9.86. The van der Waals surface area contributed by atoms with Crippen molar-refractivity contribution < 1.29 is 13.2 Å². The van der Waals surface area contributed by atoms with E-state index in [0.717, 1.165) is 19.2 Å². The molecule has 1 aromatic rings. The summed E-state index contributed by atoms with van der Waals surface area (Å²) in [7, 11) is 2.12. The number of benzene rings is 1. The van der Waals surface area contributed by atoms with Crippen molar-refractivity contribution in [1.29, 1.82) is 0 Å². The molecule has 118 valence electrons. The van der Waals surface area contributed by atoms with Crippen LogP contribution in [-0.4, -0.2) is 31.1 Å². The summed E-state index contributed by atoms with van der Waals surface area (Å²) in [6.07, 6.45) is -1.90. The molecule has 0 aliphatic carbocycles. The van der Waals surface area contributed by atoms with Gasteiger partial charge in [-0.25, -0.2) is 0 Å². The number of hydrogen-bond acceptors (Lipinski definition) is 2. The molecule has 21 heavy (non-hydrogen) atoms. The van der Waals surface area contributed by atoms with E-state index < -0.39 is 11.7 Å². The molecule has 1 heterocycles. The van der Waals surface area contributed by atoms with Crippen molar-refractivity contribution >= 4 is 0 Å². The molecule has 1 aliphatic heterocycles. The smallest absolute Gasteiger partial charge is 0.310 e. The van der Waals surface area contributed by atoms with E-state index in [2.05, 4.69) is 24.2 Å². The SMILES string of the molecule is CC(NCc1cccc(C(F)(F)F)c1)C1CCCN(C)C1. The van der Waals surface area contributed by atoms with Crippen molar-refractivity contribution in [3.63, 3.8) is 0 Å². The van der Waals surface area contributed by atoms with Crippen molar-refractivity contribution in [2.75, 3.05) is 20.1 Å². The molecule has 0 aromatic heterocycles. The van der Waals surface area contributed by atoms with Gasteiger partial charge in [0.2, 0.25) is 0 Å². The first-order valence-electron chi connectivity index (χ1n) is 7.44. The number of nitrogens with one attached hydrogen (secondary N) is 1. The Kier molecular flexibility index (Phi) is 5.27. The van der Waals surface area contributed by atoms with Crippen LogP contribution in [-0.2, 0) is 12.7 Å². The maximum absolute atomic E-state index is 12.7. The molecule has 0 amide bonds. The predicted molar refractivity (Wildman–Crippen MR) is 78.0 cm³/mol. The van der Waals surface area contributed by atoms with Crippen LogP contribution in [0.25, 0.3) is 0 Å². The Morgan fingerprint density at radius 3 is 2.81 bits per heavy atom. The van der Waals surface area contributed by atoms with Gasteiger partial charge in [-0.15, -0.1) is 0 Å². The van der Waals surface area contributed by atoms with Crippen LogP contribution in [0.15, 0.2) is 24.3 Å². The van der Waals surface area contributed by atoms with Crippen LogP contribution < -0.4 is 5.32 Å². The van der Waals surface area contributed by atoms with E-state index >= 15 is 0 Å². The largest absolute Gasteiger partial charge is 0.416 e. The first-order valence-corrected chi connectivity index (χ1v) is 7.44. The Balaban J connectivity index is 1.90. The maximum atomic E-state index is 12.7. The number of likely N-dealkylation sites (tertiary alicyclic amines) is 1. The van der Waals surface area contributed by atoms with Crippen LogP contribution in [0.2, 0.25) is 0 Å². The summed E-state index contributed by atoms with van der Waals surface area (Å²) in [4.78, 5) is 2.32. The minimum absolute atomic E-state index is 0.308. The molecular weight excluding hydrogens is 277 g/mol. The number of hydrogen-bond donors (Lipinski definition) is 1. The van der Waals surface area contributed by atoms with E-state index in [1.165, 1.54) is 25.0 Å². The Hall–Kier alpha value is -1.07. The lowest BCUT2D eigenvalue weighted by Crippen LogP contribution is -2.42. The third-order valence-electron chi connectivity index (χ3n) is 4.25. The van der Waals surface area contributed by atoms with Gasteiger partial charge in [0.15, 0.2) is 0 Å². The van der Waals surface area contributed by atoms with Gasteiger partial charge in [0.05, 0.1) is 5.56 Å². The van der Waals surface area contributed by atoms with Gasteiger partial charge in [0.25, 0.3) is 0 Å². The van der Waals surface area contributed by atoms with E-state index in [9.17, 15) is 13.2 Å². The monoisotopic (exact) mass is 300 g/mol. The van der Waals surface area contributed by atoms with Gasteiger partial charge in [-0.2, -0.15) is 13.2 Å². The summed E-state index contributed by atoms with van der Waals surface area (Å²) in [5.74, 6) is 0.564. The second-order valence-electron chi connectivity index (χ2n) is 6.03. The fraction of sp³-hybridized carbons (Fsp3) is 0.625. The molecule has 2 atom stereocenters. The summed E-state index contributed by atoms with van der Waals surface area (Å²) in [5.41, 5.74) is 0.104. The van der Waals surface area contributed by atoms with E-state index in [1.807, 2.05) is 0 Å². The molecule has 2 rings (SSSR count).